The minimum atomic E-state index is 0.614. The second-order valence-corrected chi connectivity index (χ2v) is 4.35. The maximum atomic E-state index is 5.19. The van der Waals surface area contributed by atoms with Gasteiger partial charge in [0.05, 0.1) is 25.3 Å². The number of fused-ring (bicyclic) bond motifs is 1. The van der Waals surface area contributed by atoms with Crippen LogP contribution < -0.4 is 4.74 Å². The molecule has 0 aliphatic carbocycles. The lowest BCUT2D eigenvalue weighted by molar-refractivity contribution is 0.309. The highest BCUT2D eigenvalue weighted by molar-refractivity contribution is 5.80. The lowest BCUT2D eigenvalue weighted by Crippen LogP contribution is -1.82. The Morgan fingerprint density at radius 3 is 2.85 bits per heavy atom. The first-order chi connectivity index (χ1) is 9.63. The number of aromatic nitrogens is 2. The van der Waals surface area contributed by atoms with Crippen molar-refractivity contribution in [2.75, 3.05) is 14.2 Å². The minimum Gasteiger partial charge on any atom is -0.497 e. The summed E-state index contributed by atoms with van der Waals surface area (Å²) in [5.41, 5.74) is 2.90. The van der Waals surface area contributed by atoms with Gasteiger partial charge in [0.1, 0.15) is 17.3 Å². The lowest BCUT2D eigenvalue weighted by atomic mass is 10.2. The Kier molecular flexibility index (Phi) is 4.25. The number of nitrogens with one attached hydrogen (secondary N) is 1. The molecule has 4 nitrogen and oxygen atoms in total. The standard InChI is InChI=1S/C16H18N2O2/c1-11(6-5-7-12(2)19-3)16-17-14-9-8-13(20-4)10-15(14)18-16/h5-10H,2H2,1,3-4H3,(H,17,18)/b7-5-,11-6+. The van der Waals surface area contributed by atoms with E-state index in [4.69, 9.17) is 9.47 Å². The molecule has 0 saturated carbocycles. The Morgan fingerprint density at radius 1 is 1.35 bits per heavy atom. The van der Waals surface area contributed by atoms with E-state index >= 15 is 0 Å². The Balaban J connectivity index is 2.26. The molecule has 1 aromatic carbocycles. The molecule has 1 aromatic heterocycles. The number of benzene rings is 1. The van der Waals surface area contributed by atoms with Crippen LogP contribution >= 0.6 is 0 Å². The van der Waals surface area contributed by atoms with Crippen LogP contribution in [0.15, 0.2) is 48.8 Å². The molecule has 0 bridgehead atoms. The first-order valence-electron chi connectivity index (χ1n) is 6.26. The number of rotatable bonds is 5. The van der Waals surface area contributed by atoms with Gasteiger partial charge < -0.3 is 14.5 Å². The Morgan fingerprint density at radius 2 is 2.15 bits per heavy atom. The lowest BCUT2D eigenvalue weighted by Gasteiger charge is -1.96. The minimum absolute atomic E-state index is 0.614. The predicted octanol–water partition coefficient (Wildman–Crippen LogP) is 3.69. The van der Waals surface area contributed by atoms with Crippen molar-refractivity contribution in [2.24, 2.45) is 0 Å². The average Bonchev–Trinajstić information content (AvgIpc) is 2.89. The van der Waals surface area contributed by atoms with Crippen LogP contribution in [0.4, 0.5) is 0 Å². The molecule has 0 unspecified atom stereocenters. The second-order valence-electron chi connectivity index (χ2n) is 4.35. The van der Waals surface area contributed by atoms with E-state index < -0.39 is 0 Å². The summed E-state index contributed by atoms with van der Waals surface area (Å²) in [4.78, 5) is 7.82. The van der Waals surface area contributed by atoms with E-state index in [1.165, 1.54) is 0 Å². The van der Waals surface area contributed by atoms with Crippen LogP contribution in [-0.4, -0.2) is 24.2 Å². The third kappa shape index (κ3) is 3.09. The zero-order chi connectivity index (χ0) is 14.5. The zero-order valence-corrected chi connectivity index (χ0v) is 11.9. The molecule has 1 heterocycles. The van der Waals surface area contributed by atoms with Crippen LogP contribution in [0.3, 0.4) is 0 Å². The summed E-state index contributed by atoms with van der Waals surface area (Å²) < 4.78 is 10.2. The number of hydrogen-bond acceptors (Lipinski definition) is 3. The number of aromatic amines is 1. The number of allylic oxidation sites excluding steroid dienone is 4. The summed E-state index contributed by atoms with van der Waals surface area (Å²) in [7, 11) is 3.24. The Labute approximate surface area is 118 Å². The number of H-pyrrole nitrogens is 1. The van der Waals surface area contributed by atoms with Crippen LogP contribution in [0.1, 0.15) is 12.7 Å². The fourth-order valence-corrected chi connectivity index (χ4v) is 1.75. The Bertz CT molecular complexity index is 681. The van der Waals surface area contributed by atoms with Crippen LogP contribution in [0, 0.1) is 0 Å². The second kappa shape index (κ2) is 6.10. The van der Waals surface area contributed by atoms with Crippen LogP contribution in [0.25, 0.3) is 16.6 Å². The molecule has 0 atom stereocenters. The molecule has 0 amide bonds. The van der Waals surface area contributed by atoms with Gasteiger partial charge in [0.15, 0.2) is 0 Å². The fourth-order valence-electron chi connectivity index (χ4n) is 1.75. The SMILES string of the molecule is C=C(/C=C\C=C(/C)c1nc2cc(OC)ccc2[nH]1)OC. The van der Waals surface area contributed by atoms with Crippen molar-refractivity contribution in [1.29, 1.82) is 0 Å². The molecular weight excluding hydrogens is 252 g/mol. The quantitative estimate of drug-likeness (QED) is 0.665. The van der Waals surface area contributed by atoms with Crippen molar-refractivity contribution >= 4 is 16.6 Å². The van der Waals surface area contributed by atoms with E-state index in [-0.39, 0.29) is 0 Å². The van der Waals surface area contributed by atoms with E-state index in [0.29, 0.717) is 5.76 Å². The van der Waals surface area contributed by atoms with Crippen LogP contribution in [0.5, 0.6) is 5.75 Å². The molecular formula is C16H18N2O2. The molecule has 2 rings (SSSR count). The molecule has 104 valence electrons. The van der Waals surface area contributed by atoms with Gasteiger partial charge in [-0.3, -0.25) is 0 Å². The van der Waals surface area contributed by atoms with Gasteiger partial charge in [0.2, 0.25) is 0 Å². The summed E-state index contributed by atoms with van der Waals surface area (Å²) in [6.07, 6.45) is 5.64. The van der Waals surface area contributed by atoms with E-state index in [1.807, 2.05) is 37.3 Å². The van der Waals surface area contributed by atoms with Crippen molar-refractivity contribution in [3.8, 4) is 5.75 Å². The van der Waals surface area contributed by atoms with Gasteiger partial charge >= 0.3 is 0 Å². The third-order valence-corrected chi connectivity index (χ3v) is 2.95. The molecule has 0 saturated heterocycles. The predicted molar refractivity (Wildman–Crippen MR) is 81.6 cm³/mol. The molecule has 0 radical (unpaired) electrons. The normalized spacial score (nSPS) is 12.1. The maximum Gasteiger partial charge on any atom is 0.134 e. The van der Waals surface area contributed by atoms with Crippen molar-refractivity contribution in [3.05, 3.63) is 54.6 Å². The van der Waals surface area contributed by atoms with Crippen molar-refractivity contribution in [2.45, 2.75) is 6.92 Å². The van der Waals surface area contributed by atoms with Gasteiger partial charge in [-0.05, 0) is 30.7 Å². The molecule has 0 spiro atoms. The van der Waals surface area contributed by atoms with Gasteiger partial charge in [-0.15, -0.1) is 0 Å². The smallest absolute Gasteiger partial charge is 0.134 e. The van der Waals surface area contributed by atoms with Gasteiger partial charge in [0.25, 0.3) is 0 Å². The first-order valence-corrected chi connectivity index (χ1v) is 6.26. The number of ether oxygens (including phenoxy) is 2. The van der Waals surface area contributed by atoms with Crippen molar-refractivity contribution < 1.29 is 9.47 Å². The highest BCUT2D eigenvalue weighted by Gasteiger charge is 2.04. The van der Waals surface area contributed by atoms with Crippen molar-refractivity contribution in [1.82, 2.24) is 9.97 Å². The van der Waals surface area contributed by atoms with E-state index in [0.717, 1.165) is 28.2 Å². The highest BCUT2D eigenvalue weighted by atomic mass is 16.5. The van der Waals surface area contributed by atoms with Gasteiger partial charge in [-0.25, -0.2) is 4.98 Å². The zero-order valence-electron chi connectivity index (χ0n) is 11.9. The van der Waals surface area contributed by atoms with E-state index in [9.17, 15) is 0 Å². The number of hydrogen-bond donors (Lipinski definition) is 1. The molecule has 0 aliphatic heterocycles. The summed E-state index contributed by atoms with van der Waals surface area (Å²) >= 11 is 0. The molecule has 4 heteroatoms. The van der Waals surface area contributed by atoms with Gasteiger partial charge in [-0.1, -0.05) is 18.7 Å². The molecule has 1 N–H and O–H groups in total. The van der Waals surface area contributed by atoms with E-state index in [2.05, 4.69) is 16.5 Å². The summed E-state index contributed by atoms with van der Waals surface area (Å²) in [6.45, 7) is 5.72. The number of nitrogens with zero attached hydrogens (tertiary/aromatic N) is 1. The van der Waals surface area contributed by atoms with Gasteiger partial charge in [-0.2, -0.15) is 0 Å². The molecule has 2 aromatic rings. The maximum absolute atomic E-state index is 5.19. The highest BCUT2D eigenvalue weighted by Crippen LogP contribution is 2.21. The molecule has 20 heavy (non-hydrogen) atoms. The number of imidazole rings is 1. The molecule has 0 fully saturated rings. The number of methoxy groups -OCH3 is 2. The van der Waals surface area contributed by atoms with Gasteiger partial charge in [0, 0.05) is 6.07 Å². The van der Waals surface area contributed by atoms with E-state index in [1.54, 1.807) is 20.3 Å². The third-order valence-electron chi connectivity index (χ3n) is 2.95. The summed E-state index contributed by atoms with van der Waals surface area (Å²) in [5.74, 6) is 2.25. The fraction of sp³-hybridized carbons (Fsp3) is 0.188. The summed E-state index contributed by atoms with van der Waals surface area (Å²) in [5, 5.41) is 0. The monoisotopic (exact) mass is 270 g/mol. The van der Waals surface area contributed by atoms with Crippen LogP contribution in [0.2, 0.25) is 0 Å². The van der Waals surface area contributed by atoms with Crippen LogP contribution in [-0.2, 0) is 4.74 Å². The molecule has 0 aliphatic rings. The van der Waals surface area contributed by atoms with Crippen molar-refractivity contribution in [3.63, 3.8) is 0 Å². The summed E-state index contributed by atoms with van der Waals surface area (Å²) in [6, 6.07) is 5.78. The Hall–Kier alpha value is -2.49. The largest absolute Gasteiger partial charge is 0.497 e. The topological polar surface area (TPSA) is 47.1 Å². The first kappa shape index (κ1) is 13.9. The average molecular weight is 270 g/mol.